The van der Waals surface area contributed by atoms with Crippen molar-refractivity contribution in [2.45, 2.75) is 13.3 Å². The van der Waals surface area contributed by atoms with Crippen LogP contribution in [0.25, 0.3) is 0 Å². The molecule has 2 rings (SSSR count). The molecule has 2 aromatic carbocycles. The highest BCUT2D eigenvalue weighted by Crippen LogP contribution is 2.19. The second-order valence-electron chi connectivity index (χ2n) is 4.63. The maximum atomic E-state index is 8.89. The average Bonchev–Trinajstić information content (AvgIpc) is 2.55. The molecule has 110 valence electrons. The number of methoxy groups -OCH3 is 1. The summed E-state index contributed by atoms with van der Waals surface area (Å²) >= 11 is 0. The molecule has 0 aliphatic heterocycles. The molecule has 0 amide bonds. The number of benzene rings is 2. The van der Waals surface area contributed by atoms with Crippen molar-refractivity contribution in [1.82, 2.24) is 0 Å². The third kappa shape index (κ3) is 3.99. The first-order chi connectivity index (χ1) is 10.2. The topological polar surface area (TPSA) is 51.0 Å². The number of rotatable bonds is 6. The van der Waals surface area contributed by atoms with Gasteiger partial charge in [-0.05, 0) is 36.8 Å². The molecule has 21 heavy (non-hydrogen) atoms. The summed E-state index contributed by atoms with van der Waals surface area (Å²) in [7, 11) is 1.65. The lowest BCUT2D eigenvalue weighted by molar-refractivity contribution is 0.314. The molecule has 0 bridgehead atoms. The van der Waals surface area contributed by atoms with Crippen molar-refractivity contribution in [3.05, 3.63) is 59.7 Å². The maximum Gasteiger partial charge on any atom is 0.128 e. The number of hydrogen-bond donors (Lipinski definition) is 1. The van der Waals surface area contributed by atoms with Gasteiger partial charge in [0.2, 0.25) is 0 Å². The number of oxime groups is 1. The Labute approximate surface area is 124 Å². The fourth-order valence-electron chi connectivity index (χ4n) is 2.02. The van der Waals surface area contributed by atoms with Crippen LogP contribution in [0.4, 0.5) is 0 Å². The molecule has 4 heteroatoms. The second kappa shape index (κ2) is 7.33. The summed E-state index contributed by atoms with van der Waals surface area (Å²) in [5.41, 5.74) is 2.52. The molecule has 0 radical (unpaired) electrons. The Kier molecular flexibility index (Phi) is 5.21. The van der Waals surface area contributed by atoms with Gasteiger partial charge >= 0.3 is 0 Å². The van der Waals surface area contributed by atoms with Gasteiger partial charge in [0.1, 0.15) is 11.5 Å². The first-order valence-electron chi connectivity index (χ1n) is 6.78. The van der Waals surface area contributed by atoms with Crippen LogP contribution in [0.2, 0.25) is 0 Å². The lowest BCUT2D eigenvalue weighted by Gasteiger charge is -2.10. The van der Waals surface area contributed by atoms with Gasteiger partial charge in [-0.3, -0.25) is 0 Å². The van der Waals surface area contributed by atoms with Gasteiger partial charge in [0, 0.05) is 12.0 Å². The Morgan fingerprint density at radius 3 is 2.48 bits per heavy atom. The molecular weight excluding hydrogens is 266 g/mol. The number of ether oxygens (including phenoxy) is 2. The van der Waals surface area contributed by atoms with Crippen LogP contribution in [0.1, 0.15) is 18.1 Å². The van der Waals surface area contributed by atoms with E-state index in [0.717, 1.165) is 23.5 Å². The predicted molar refractivity (Wildman–Crippen MR) is 82.6 cm³/mol. The van der Waals surface area contributed by atoms with Crippen LogP contribution >= 0.6 is 0 Å². The largest absolute Gasteiger partial charge is 0.497 e. The summed E-state index contributed by atoms with van der Waals surface area (Å²) in [6.45, 7) is 2.30. The number of hydrogen-bond acceptors (Lipinski definition) is 4. The Balaban J connectivity index is 1.97. The van der Waals surface area contributed by atoms with E-state index in [-0.39, 0.29) is 0 Å². The fraction of sp³-hybridized carbons (Fsp3) is 0.235. The lowest BCUT2D eigenvalue weighted by Crippen LogP contribution is -2.05. The molecule has 0 aliphatic rings. The highest BCUT2D eigenvalue weighted by atomic mass is 16.5. The molecule has 4 nitrogen and oxygen atoms in total. The Morgan fingerprint density at radius 2 is 1.81 bits per heavy atom. The van der Waals surface area contributed by atoms with Gasteiger partial charge in [0.25, 0.3) is 0 Å². The van der Waals surface area contributed by atoms with Crippen molar-refractivity contribution in [2.24, 2.45) is 5.16 Å². The molecule has 0 saturated carbocycles. The third-order valence-electron chi connectivity index (χ3n) is 3.23. The quantitative estimate of drug-likeness (QED) is 0.502. The summed E-state index contributed by atoms with van der Waals surface area (Å²) in [4.78, 5) is 0. The van der Waals surface area contributed by atoms with E-state index in [1.54, 1.807) is 14.0 Å². The van der Waals surface area contributed by atoms with E-state index < -0.39 is 0 Å². The zero-order valence-electron chi connectivity index (χ0n) is 12.2. The van der Waals surface area contributed by atoms with Crippen LogP contribution in [0, 0.1) is 0 Å². The summed E-state index contributed by atoms with van der Waals surface area (Å²) in [5.74, 6) is 1.57. The first-order valence-corrected chi connectivity index (χ1v) is 6.78. The highest BCUT2D eigenvalue weighted by molar-refractivity contribution is 6.00. The van der Waals surface area contributed by atoms with Crippen LogP contribution in [0.15, 0.2) is 53.7 Å². The van der Waals surface area contributed by atoms with E-state index in [9.17, 15) is 0 Å². The molecule has 0 atom stereocenters. The van der Waals surface area contributed by atoms with Crippen LogP contribution in [0.3, 0.4) is 0 Å². The highest BCUT2D eigenvalue weighted by Gasteiger charge is 2.06. The van der Waals surface area contributed by atoms with Crippen LogP contribution in [-0.4, -0.2) is 24.6 Å². The molecule has 0 fully saturated rings. The average molecular weight is 285 g/mol. The molecule has 1 N–H and O–H groups in total. The molecule has 0 heterocycles. The van der Waals surface area contributed by atoms with Crippen LogP contribution in [0.5, 0.6) is 11.5 Å². The van der Waals surface area contributed by atoms with Crippen molar-refractivity contribution < 1.29 is 14.7 Å². The molecule has 0 unspecified atom stereocenters. The van der Waals surface area contributed by atoms with Gasteiger partial charge in [-0.25, -0.2) is 0 Å². The monoisotopic (exact) mass is 285 g/mol. The Hall–Kier alpha value is -2.49. The smallest absolute Gasteiger partial charge is 0.128 e. The van der Waals surface area contributed by atoms with Gasteiger partial charge in [-0.2, -0.15) is 0 Å². The minimum atomic E-state index is 0.537. The molecule has 0 saturated heterocycles. The molecule has 0 aromatic heterocycles. The minimum absolute atomic E-state index is 0.537. The molecule has 0 aliphatic carbocycles. The van der Waals surface area contributed by atoms with Gasteiger partial charge in [-0.1, -0.05) is 29.4 Å². The van der Waals surface area contributed by atoms with Gasteiger partial charge < -0.3 is 14.7 Å². The number of nitrogens with zero attached hydrogens (tertiary/aromatic N) is 1. The SMILES string of the molecule is COc1ccc(CCOc2ccccc2C(C)=NO)cc1. The van der Waals surface area contributed by atoms with Crippen molar-refractivity contribution >= 4 is 5.71 Å². The maximum absolute atomic E-state index is 8.89. The van der Waals surface area contributed by atoms with E-state index >= 15 is 0 Å². The third-order valence-corrected chi connectivity index (χ3v) is 3.23. The van der Waals surface area contributed by atoms with E-state index in [0.29, 0.717) is 12.3 Å². The zero-order chi connectivity index (χ0) is 15.1. The predicted octanol–water partition coefficient (Wildman–Crippen LogP) is 3.51. The Morgan fingerprint density at radius 1 is 1.10 bits per heavy atom. The Bertz CT molecular complexity index is 606. The summed E-state index contributed by atoms with van der Waals surface area (Å²) in [6.07, 6.45) is 0.799. The van der Waals surface area contributed by atoms with Gasteiger partial charge in [0.05, 0.1) is 19.4 Å². The lowest BCUT2D eigenvalue weighted by atomic mass is 10.1. The first kappa shape index (κ1) is 14.9. The summed E-state index contributed by atoms with van der Waals surface area (Å²) in [5, 5.41) is 12.1. The van der Waals surface area contributed by atoms with Gasteiger partial charge in [0.15, 0.2) is 0 Å². The molecule has 2 aromatic rings. The normalized spacial score (nSPS) is 11.2. The van der Waals surface area contributed by atoms with Crippen LogP contribution in [-0.2, 0) is 6.42 Å². The van der Waals surface area contributed by atoms with Crippen molar-refractivity contribution in [3.8, 4) is 11.5 Å². The minimum Gasteiger partial charge on any atom is -0.497 e. The molecule has 0 spiro atoms. The molecular formula is C17H19NO3. The van der Waals surface area contributed by atoms with Crippen molar-refractivity contribution in [3.63, 3.8) is 0 Å². The van der Waals surface area contributed by atoms with Gasteiger partial charge in [-0.15, -0.1) is 0 Å². The standard InChI is InChI=1S/C17H19NO3/c1-13(18-19)16-5-3-4-6-17(16)21-12-11-14-7-9-15(20-2)10-8-14/h3-10,19H,11-12H2,1-2H3. The zero-order valence-corrected chi connectivity index (χ0v) is 12.2. The van der Waals surface area contributed by atoms with Crippen molar-refractivity contribution in [1.29, 1.82) is 0 Å². The van der Waals surface area contributed by atoms with E-state index in [4.69, 9.17) is 14.7 Å². The van der Waals surface area contributed by atoms with Crippen LogP contribution < -0.4 is 9.47 Å². The van der Waals surface area contributed by atoms with Crippen molar-refractivity contribution in [2.75, 3.05) is 13.7 Å². The summed E-state index contributed by atoms with van der Waals surface area (Å²) < 4.78 is 10.9. The van der Waals surface area contributed by atoms with E-state index in [1.165, 1.54) is 5.56 Å². The van der Waals surface area contributed by atoms with E-state index in [1.807, 2.05) is 48.5 Å². The van der Waals surface area contributed by atoms with E-state index in [2.05, 4.69) is 5.16 Å². The summed E-state index contributed by atoms with van der Waals surface area (Å²) in [6, 6.07) is 15.5. The number of para-hydroxylation sites is 1. The fourth-order valence-corrected chi connectivity index (χ4v) is 2.02. The second-order valence-corrected chi connectivity index (χ2v) is 4.63.